The number of hydrogen-bond acceptors (Lipinski definition) is 1. The molecule has 0 fully saturated rings. The number of aryl methyl sites for hydroxylation is 2. The molecule has 2 aromatic carbocycles. The molecule has 2 N–H and O–H groups in total. The van der Waals surface area contributed by atoms with Crippen molar-refractivity contribution in [1.29, 1.82) is 0 Å². The highest BCUT2D eigenvalue weighted by Gasteiger charge is 2.07. The minimum atomic E-state index is 0.181. The van der Waals surface area contributed by atoms with E-state index >= 15 is 0 Å². The molecule has 0 amide bonds. The largest absolute Gasteiger partial charge is 0.356 e. The molecule has 0 aliphatic heterocycles. The van der Waals surface area contributed by atoms with Crippen molar-refractivity contribution >= 4 is 23.0 Å². The molecule has 1 unspecified atom stereocenters. The normalized spacial score (nSPS) is 11.8. The van der Waals surface area contributed by atoms with Crippen LogP contribution in [0.5, 0.6) is 0 Å². The zero-order chi connectivity index (χ0) is 15.2. The Morgan fingerprint density at radius 3 is 2.48 bits per heavy atom. The Labute approximate surface area is 132 Å². The van der Waals surface area contributed by atoms with Crippen molar-refractivity contribution < 1.29 is 0 Å². The molecule has 0 aliphatic carbocycles. The van der Waals surface area contributed by atoms with Crippen molar-refractivity contribution in [3.63, 3.8) is 0 Å². The third kappa shape index (κ3) is 4.57. The van der Waals surface area contributed by atoms with Crippen molar-refractivity contribution in [3.05, 3.63) is 65.2 Å². The smallest absolute Gasteiger partial charge is 0.171 e. The van der Waals surface area contributed by atoms with E-state index in [4.69, 9.17) is 12.2 Å². The zero-order valence-corrected chi connectivity index (χ0v) is 13.6. The van der Waals surface area contributed by atoms with Crippen molar-refractivity contribution in [2.45, 2.75) is 33.2 Å². The lowest BCUT2D eigenvalue weighted by Gasteiger charge is -2.18. The molecule has 2 rings (SSSR count). The lowest BCUT2D eigenvalue weighted by atomic mass is 10.1. The Kier molecular flexibility index (Phi) is 5.34. The molecule has 0 aromatic heterocycles. The fraction of sp³-hybridized carbons (Fsp3) is 0.278. The fourth-order valence-electron chi connectivity index (χ4n) is 2.21. The summed E-state index contributed by atoms with van der Waals surface area (Å²) in [5, 5.41) is 7.19. The van der Waals surface area contributed by atoms with Crippen molar-refractivity contribution in [2.75, 3.05) is 5.32 Å². The van der Waals surface area contributed by atoms with Gasteiger partial charge in [0.15, 0.2) is 5.11 Å². The number of anilines is 1. The van der Waals surface area contributed by atoms with Crippen LogP contribution in [-0.4, -0.2) is 5.11 Å². The quantitative estimate of drug-likeness (QED) is 0.806. The van der Waals surface area contributed by atoms with Crippen LogP contribution < -0.4 is 10.6 Å². The summed E-state index contributed by atoms with van der Waals surface area (Å²) in [6.45, 7) is 6.35. The molecule has 3 heteroatoms. The Balaban J connectivity index is 1.95. The summed E-state index contributed by atoms with van der Waals surface area (Å²) >= 11 is 5.38. The zero-order valence-electron chi connectivity index (χ0n) is 12.8. The highest BCUT2D eigenvalue weighted by atomic mass is 32.1. The molecule has 21 heavy (non-hydrogen) atoms. The van der Waals surface area contributed by atoms with Crippen molar-refractivity contribution in [2.24, 2.45) is 0 Å². The van der Waals surface area contributed by atoms with E-state index in [1.165, 1.54) is 16.7 Å². The second-order valence-corrected chi connectivity index (χ2v) is 5.69. The molecular weight excluding hydrogens is 276 g/mol. The summed E-state index contributed by atoms with van der Waals surface area (Å²) < 4.78 is 0. The van der Waals surface area contributed by atoms with Crippen molar-refractivity contribution in [1.82, 2.24) is 5.32 Å². The third-order valence-electron chi connectivity index (χ3n) is 3.51. The fourth-order valence-corrected chi connectivity index (χ4v) is 2.51. The lowest BCUT2D eigenvalue weighted by Crippen LogP contribution is -2.30. The van der Waals surface area contributed by atoms with Crippen LogP contribution in [0.4, 0.5) is 5.69 Å². The molecule has 110 valence electrons. The first-order valence-electron chi connectivity index (χ1n) is 7.31. The highest BCUT2D eigenvalue weighted by molar-refractivity contribution is 7.80. The maximum Gasteiger partial charge on any atom is 0.171 e. The molecule has 0 radical (unpaired) electrons. The minimum absolute atomic E-state index is 0.181. The number of benzene rings is 2. The summed E-state index contributed by atoms with van der Waals surface area (Å²) in [5.74, 6) is 0. The van der Waals surface area contributed by atoms with E-state index in [0.717, 1.165) is 12.1 Å². The van der Waals surface area contributed by atoms with Crippen LogP contribution in [0.15, 0.2) is 48.5 Å². The summed E-state index contributed by atoms with van der Waals surface area (Å²) in [4.78, 5) is 0. The van der Waals surface area contributed by atoms with Gasteiger partial charge < -0.3 is 10.6 Å². The van der Waals surface area contributed by atoms with Crippen molar-refractivity contribution in [3.8, 4) is 0 Å². The first kappa shape index (κ1) is 15.5. The minimum Gasteiger partial charge on any atom is -0.356 e. The van der Waals surface area contributed by atoms with Gasteiger partial charge in [0.2, 0.25) is 0 Å². The molecule has 0 aliphatic rings. The van der Waals surface area contributed by atoms with Gasteiger partial charge in [-0.3, -0.25) is 0 Å². The average molecular weight is 298 g/mol. The number of rotatable bonds is 4. The molecule has 0 saturated carbocycles. The standard InChI is InChI=1S/C18H22N2S/c1-4-15-8-10-16(11-9-15)14(3)19-18(21)20-17-7-5-6-13(2)12-17/h5-12,14H,4H2,1-3H3,(H2,19,20,21). The Bertz CT molecular complexity index is 605. The van der Waals surface area contributed by atoms with Gasteiger partial charge in [-0.05, 0) is 61.3 Å². The van der Waals surface area contributed by atoms with Crippen LogP contribution in [0, 0.1) is 6.92 Å². The highest BCUT2D eigenvalue weighted by Crippen LogP contribution is 2.15. The summed E-state index contributed by atoms with van der Waals surface area (Å²) in [6.07, 6.45) is 1.06. The van der Waals surface area contributed by atoms with E-state index in [0.29, 0.717) is 5.11 Å². The molecule has 2 nitrogen and oxygen atoms in total. The maximum absolute atomic E-state index is 5.38. The van der Waals surface area contributed by atoms with E-state index in [9.17, 15) is 0 Å². The van der Waals surface area contributed by atoms with E-state index in [1.807, 2.05) is 12.1 Å². The second kappa shape index (κ2) is 7.23. The predicted molar refractivity (Wildman–Crippen MR) is 94.8 cm³/mol. The summed E-state index contributed by atoms with van der Waals surface area (Å²) in [6, 6.07) is 17.0. The third-order valence-corrected chi connectivity index (χ3v) is 3.73. The van der Waals surface area contributed by atoms with Crippen LogP contribution in [0.25, 0.3) is 0 Å². The second-order valence-electron chi connectivity index (χ2n) is 5.28. The van der Waals surface area contributed by atoms with Gasteiger partial charge in [-0.25, -0.2) is 0 Å². The topological polar surface area (TPSA) is 24.1 Å². The molecule has 1 atom stereocenters. The molecule has 0 bridgehead atoms. The predicted octanol–water partition coefficient (Wildman–Crippen LogP) is 4.61. The molecule has 0 spiro atoms. The molecular formula is C18H22N2S. The lowest BCUT2D eigenvalue weighted by molar-refractivity contribution is 0.722. The van der Waals surface area contributed by atoms with Gasteiger partial charge in [0.05, 0.1) is 6.04 Å². The molecule has 0 heterocycles. The summed E-state index contributed by atoms with van der Waals surface area (Å²) in [5.41, 5.74) is 4.82. The van der Waals surface area contributed by atoms with Gasteiger partial charge >= 0.3 is 0 Å². The van der Waals surface area contributed by atoms with Crippen LogP contribution in [0.3, 0.4) is 0 Å². The first-order valence-corrected chi connectivity index (χ1v) is 7.72. The van der Waals surface area contributed by atoms with Crippen LogP contribution >= 0.6 is 12.2 Å². The van der Waals surface area contributed by atoms with E-state index < -0.39 is 0 Å². The van der Waals surface area contributed by atoms with E-state index in [1.54, 1.807) is 0 Å². The SMILES string of the molecule is CCc1ccc(C(C)NC(=S)Nc2cccc(C)c2)cc1. The Morgan fingerprint density at radius 1 is 1.14 bits per heavy atom. The van der Waals surface area contributed by atoms with Gasteiger partial charge in [0, 0.05) is 5.69 Å². The van der Waals surface area contributed by atoms with Gasteiger partial charge in [-0.1, -0.05) is 43.3 Å². The van der Waals surface area contributed by atoms with E-state index in [2.05, 4.69) is 67.8 Å². The molecule has 0 saturated heterocycles. The Hall–Kier alpha value is -1.87. The van der Waals surface area contributed by atoms with Crippen LogP contribution in [0.2, 0.25) is 0 Å². The van der Waals surface area contributed by atoms with Gasteiger partial charge in [-0.15, -0.1) is 0 Å². The monoisotopic (exact) mass is 298 g/mol. The van der Waals surface area contributed by atoms with Gasteiger partial charge in [0.25, 0.3) is 0 Å². The number of hydrogen-bond donors (Lipinski definition) is 2. The van der Waals surface area contributed by atoms with Crippen LogP contribution in [0.1, 0.15) is 36.6 Å². The number of thiocarbonyl (C=S) groups is 1. The van der Waals surface area contributed by atoms with E-state index in [-0.39, 0.29) is 6.04 Å². The maximum atomic E-state index is 5.38. The van der Waals surface area contributed by atoms with Gasteiger partial charge in [0.1, 0.15) is 0 Å². The first-order chi connectivity index (χ1) is 10.1. The Morgan fingerprint density at radius 2 is 1.86 bits per heavy atom. The molecule has 2 aromatic rings. The average Bonchev–Trinajstić information content (AvgIpc) is 2.47. The van der Waals surface area contributed by atoms with Gasteiger partial charge in [-0.2, -0.15) is 0 Å². The van der Waals surface area contributed by atoms with Crippen LogP contribution in [-0.2, 0) is 6.42 Å². The summed E-state index contributed by atoms with van der Waals surface area (Å²) in [7, 11) is 0. The number of nitrogens with one attached hydrogen (secondary N) is 2.